The Labute approximate surface area is 211 Å². The average Bonchev–Trinajstić information content (AvgIpc) is 3.27. The summed E-state index contributed by atoms with van der Waals surface area (Å²) >= 11 is 12.5. The van der Waals surface area contributed by atoms with Gasteiger partial charge in [0.15, 0.2) is 0 Å². The van der Waals surface area contributed by atoms with Gasteiger partial charge in [0.1, 0.15) is 0 Å². The van der Waals surface area contributed by atoms with Crippen LogP contribution in [0.25, 0.3) is 10.9 Å². The summed E-state index contributed by atoms with van der Waals surface area (Å²) in [5.41, 5.74) is 1.61. The monoisotopic (exact) mass is 446 g/mol. The first-order chi connectivity index (χ1) is 12.9. The van der Waals surface area contributed by atoms with Crippen LogP contribution < -0.4 is 56.5 Å². The van der Waals surface area contributed by atoms with Gasteiger partial charge in [0, 0.05) is 26.6 Å². The molecule has 2 aromatic heterocycles. The van der Waals surface area contributed by atoms with Gasteiger partial charge in [0.2, 0.25) is 0 Å². The third-order valence-corrected chi connectivity index (χ3v) is 4.98. The zero-order chi connectivity index (χ0) is 19.2. The molecule has 6 nitrogen and oxygen atoms in total. The van der Waals surface area contributed by atoms with E-state index in [1.807, 2.05) is 0 Å². The summed E-state index contributed by atoms with van der Waals surface area (Å²) in [6.45, 7) is 2.05. The molecule has 0 aliphatic carbocycles. The average molecular weight is 447 g/mol. The van der Waals surface area contributed by atoms with Crippen molar-refractivity contribution in [2.75, 3.05) is 0 Å². The molecule has 2 aromatic carbocycles. The van der Waals surface area contributed by atoms with E-state index >= 15 is 0 Å². The second kappa shape index (κ2) is 8.43. The Bertz CT molecular complexity index is 1110. The normalized spacial score (nSPS) is 11.6. The summed E-state index contributed by atoms with van der Waals surface area (Å²) in [5.74, 6) is -4.18. The Balaban J connectivity index is 0.00000225. The zero-order valence-electron chi connectivity index (χ0n) is 14.9. The number of benzene rings is 2. The summed E-state index contributed by atoms with van der Waals surface area (Å²) in [6.07, 6.45) is 0. The van der Waals surface area contributed by atoms with Crippen molar-refractivity contribution in [1.82, 2.24) is 30.4 Å². The number of aryl methyl sites for hydroxylation is 1. The SMILES string of the molecule is Cc1nn(Cc2c(Cl)cccc2Cl)c2cc(C(F)(F)c3nnn[n-]3)ccc12.[K+]. The molecule has 0 radical (unpaired) electrons. The van der Waals surface area contributed by atoms with Gasteiger partial charge >= 0.3 is 57.3 Å². The number of halogens is 4. The minimum absolute atomic E-state index is 0. The minimum Gasteiger partial charge on any atom is -0.329 e. The molecule has 0 saturated heterocycles. The molecule has 2 heterocycles. The topological polar surface area (TPSA) is 70.6 Å². The van der Waals surface area contributed by atoms with Crippen molar-refractivity contribution in [1.29, 1.82) is 0 Å². The van der Waals surface area contributed by atoms with Crippen molar-refractivity contribution in [2.45, 2.75) is 19.4 Å². The van der Waals surface area contributed by atoms with Gasteiger partial charge in [-0.05, 0) is 25.1 Å². The molecular formula is C17H11Cl2F2KN6. The van der Waals surface area contributed by atoms with Crippen molar-refractivity contribution in [3.05, 3.63) is 69.1 Å². The zero-order valence-corrected chi connectivity index (χ0v) is 19.5. The number of aromatic nitrogens is 6. The molecule has 0 saturated carbocycles. The number of nitrogens with zero attached hydrogens (tertiary/aromatic N) is 6. The maximum absolute atomic E-state index is 14.7. The van der Waals surface area contributed by atoms with E-state index in [1.165, 1.54) is 12.1 Å². The van der Waals surface area contributed by atoms with Crippen LogP contribution in [0.5, 0.6) is 0 Å². The number of fused-ring (bicyclic) bond motifs is 1. The quantitative estimate of drug-likeness (QED) is 0.437. The van der Waals surface area contributed by atoms with E-state index in [2.05, 4.69) is 25.7 Å². The summed E-state index contributed by atoms with van der Waals surface area (Å²) in [4.78, 5) is 0. The van der Waals surface area contributed by atoms with Crippen LogP contribution in [0, 0.1) is 6.92 Å². The van der Waals surface area contributed by atoms with Crippen molar-refractivity contribution < 1.29 is 60.2 Å². The second-order valence-electron chi connectivity index (χ2n) is 5.95. The first-order valence-electron chi connectivity index (χ1n) is 7.85. The minimum atomic E-state index is -3.43. The maximum Gasteiger partial charge on any atom is 1.00 e. The van der Waals surface area contributed by atoms with Crippen LogP contribution in [0.1, 0.15) is 22.6 Å². The van der Waals surface area contributed by atoms with Crippen LogP contribution in [-0.2, 0) is 12.5 Å². The maximum atomic E-state index is 14.7. The van der Waals surface area contributed by atoms with Crippen LogP contribution in [-0.4, -0.2) is 25.3 Å². The van der Waals surface area contributed by atoms with Gasteiger partial charge in [0.05, 0.1) is 23.6 Å². The van der Waals surface area contributed by atoms with Gasteiger partial charge in [-0.2, -0.15) is 19.1 Å². The Morgan fingerprint density at radius 1 is 1.14 bits per heavy atom. The summed E-state index contributed by atoms with van der Waals surface area (Å²) in [6, 6.07) is 9.44. The van der Waals surface area contributed by atoms with E-state index in [0.29, 0.717) is 26.8 Å². The van der Waals surface area contributed by atoms with Gasteiger partial charge in [0.25, 0.3) is 0 Å². The largest absolute Gasteiger partial charge is 1.00 e. The van der Waals surface area contributed by atoms with Gasteiger partial charge in [-0.25, -0.2) is 0 Å². The van der Waals surface area contributed by atoms with Crippen LogP contribution in [0.15, 0.2) is 36.4 Å². The molecule has 0 aliphatic rings. The first kappa shape index (κ1) is 21.8. The predicted octanol–water partition coefficient (Wildman–Crippen LogP) is 0.986. The Morgan fingerprint density at radius 2 is 1.86 bits per heavy atom. The van der Waals surface area contributed by atoms with Gasteiger partial charge in [-0.1, -0.05) is 41.4 Å². The molecule has 0 spiro atoms. The van der Waals surface area contributed by atoms with E-state index < -0.39 is 11.7 Å². The molecule has 28 heavy (non-hydrogen) atoms. The molecule has 4 rings (SSSR count). The van der Waals surface area contributed by atoms with Gasteiger partial charge in [-0.3, -0.25) is 15.0 Å². The number of hydrogen-bond donors (Lipinski definition) is 0. The van der Waals surface area contributed by atoms with Crippen molar-refractivity contribution in [3.8, 4) is 0 Å². The van der Waals surface area contributed by atoms with E-state index in [4.69, 9.17) is 23.2 Å². The van der Waals surface area contributed by atoms with E-state index in [-0.39, 0.29) is 63.5 Å². The van der Waals surface area contributed by atoms with E-state index in [1.54, 1.807) is 35.9 Å². The number of rotatable bonds is 4. The van der Waals surface area contributed by atoms with Crippen molar-refractivity contribution >= 4 is 34.1 Å². The number of tetrazole rings is 1. The van der Waals surface area contributed by atoms with Crippen LogP contribution in [0.4, 0.5) is 8.78 Å². The molecule has 0 unspecified atom stereocenters. The first-order valence-corrected chi connectivity index (χ1v) is 8.61. The number of hydrogen-bond acceptors (Lipinski definition) is 4. The predicted molar refractivity (Wildman–Crippen MR) is 96.2 cm³/mol. The van der Waals surface area contributed by atoms with Gasteiger partial charge < -0.3 is 5.10 Å². The third kappa shape index (κ3) is 3.89. The molecule has 0 aliphatic heterocycles. The molecule has 0 bridgehead atoms. The van der Waals surface area contributed by atoms with Crippen LogP contribution in [0.3, 0.4) is 0 Å². The molecular weight excluding hydrogens is 436 g/mol. The van der Waals surface area contributed by atoms with E-state index in [0.717, 1.165) is 5.39 Å². The molecule has 0 amide bonds. The fourth-order valence-electron chi connectivity index (χ4n) is 2.89. The summed E-state index contributed by atoms with van der Waals surface area (Å²) in [7, 11) is 0. The molecule has 0 atom stereocenters. The van der Waals surface area contributed by atoms with E-state index in [9.17, 15) is 8.78 Å². The van der Waals surface area contributed by atoms with Crippen LogP contribution >= 0.6 is 23.2 Å². The Morgan fingerprint density at radius 3 is 2.50 bits per heavy atom. The molecule has 11 heteroatoms. The molecule has 0 N–H and O–H groups in total. The number of alkyl halides is 2. The second-order valence-corrected chi connectivity index (χ2v) is 6.77. The third-order valence-electron chi connectivity index (χ3n) is 4.27. The fourth-order valence-corrected chi connectivity index (χ4v) is 3.41. The molecule has 138 valence electrons. The van der Waals surface area contributed by atoms with Gasteiger partial charge in [-0.15, -0.1) is 0 Å². The Hall–Kier alpha value is -0.944. The summed E-state index contributed by atoms with van der Waals surface area (Å²) < 4.78 is 30.9. The Kier molecular flexibility index (Phi) is 6.55. The standard InChI is InChI=1S/C17H11Cl2F2N6.K/c1-9-11-6-5-10(17(20,21)16-22-25-26-23-16)7-15(11)27(24-9)8-12-13(18)3-2-4-14(12)19;/h2-7H,8H2,1H3;/q-1;+1. The van der Waals surface area contributed by atoms with Crippen molar-refractivity contribution in [2.24, 2.45) is 0 Å². The smallest absolute Gasteiger partial charge is 0.329 e. The fraction of sp³-hybridized carbons (Fsp3) is 0.176. The van der Waals surface area contributed by atoms with Crippen LogP contribution in [0.2, 0.25) is 10.0 Å². The summed E-state index contributed by atoms with van der Waals surface area (Å²) in [5, 5.41) is 19.0. The molecule has 0 fully saturated rings. The van der Waals surface area contributed by atoms with Crippen molar-refractivity contribution in [3.63, 3.8) is 0 Å². The molecule has 4 aromatic rings.